The smallest absolute Gasteiger partial charge is 0.319 e. The molecular weight excluding hydrogens is 370 g/mol. The Morgan fingerprint density at radius 2 is 1.93 bits per heavy atom. The number of carbonyl (C=O) groups excluding carboxylic acids is 1. The van der Waals surface area contributed by atoms with E-state index in [1.165, 1.54) is 33.8 Å². The molecule has 2 heterocycles. The molecule has 146 valence electrons. The minimum absolute atomic E-state index is 0.221. The number of hydrogen-bond donors (Lipinski definition) is 2. The number of amides is 2. The van der Waals surface area contributed by atoms with Crippen LogP contribution in [0.4, 0.5) is 10.5 Å². The van der Waals surface area contributed by atoms with Crippen LogP contribution in [0.3, 0.4) is 0 Å². The summed E-state index contributed by atoms with van der Waals surface area (Å²) in [5, 5.41) is 7.17. The Morgan fingerprint density at radius 3 is 2.75 bits per heavy atom. The number of ether oxygens (including phenoxy) is 1. The number of hydrogen-bond acceptors (Lipinski definition) is 3. The molecule has 1 aromatic carbocycles. The molecule has 2 aromatic heterocycles. The van der Waals surface area contributed by atoms with Gasteiger partial charge >= 0.3 is 6.03 Å². The lowest BCUT2D eigenvalue weighted by Crippen LogP contribution is -2.29. The molecular formula is C22H25N3O2S. The van der Waals surface area contributed by atoms with E-state index >= 15 is 0 Å². The van der Waals surface area contributed by atoms with Gasteiger partial charge in [-0.1, -0.05) is 12.1 Å². The van der Waals surface area contributed by atoms with Crippen molar-refractivity contribution >= 4 is 23.1 Å². The minimum Gasteiger partial charge on any atom is -0.492 e. The van der Waals surface area contributed by atoms with Gasteiger partial charge in [0, 0.05) is 29.4 Å². The highest BCUT2D eigenvalue weighted by Crippen LogP contribution is 2.37. The molecule has 0 saturated carbocycles. The molecule has 1 aliphatic rings. The van der Waals surface area contributed by atoms with Crippen molar-refractivity contribution in [2.45, 2.75) is 39.2 Å². The van der Waals surface area contributed by atoms with E-state index in [-0.39, 0.29) is 6.03 Å². The zero-order valence-corrected chi connectivity index (χ0v) is 16.8. The summed E-state index contributed by atoms with van der Waals surface area (Å²) in [5.74, 6) is 0.682. The Kier molecular flexibility index (Phi) is 5.67. The third kappa shape index (κ3) is 3.92. The first-order valence-electron chi connectivity index (χ1n) is 9.79. The quantitative estimate of drug-likeness (QED) is 0.607. The molecule has 0 saturated heterocycles. The van der Waals surface area contributed by atoms with Gasteiger partial charge in [-0.15, -0.1) is 11.3 Å². The highest BCUT2D eigenvalue weighted by atomic mass is 32.1. The van der Waals surface area contributed by atoms with Crippen LogP contribution in [-0.4, -0.2) is 17.2 Å². The second-order valence-corrected chi connectivity index (χ2v) is 7.91. The topological polar surface area (TPSA) is 55.3 Å². The normalized spacial score (nSPS) is 13.0. The fourth-order valence-electron chi connectivity index (χ4n) is 3.66. The van der Waals surface area contributed by atoms with Crippen molar-refractivity contribution in [3.05, 3.63) is 64.8 Å². The number of para-hydroxylation sites is 2. The van der Waals surface area contributed by atoms with Gasteiger partial charge in [0.2, 0.25) is 0 Å². The number of thiophene rings is 1. The Balaban J connectivity index is 1.51. The Labute approximate surface area is 169 Å². The number of carbonyl (C=O) groups is 1. The van der Waals surface area contributed by atoms with Crippen LogP contribution in [0.2, 0.25) is 0 Å². The van der Waals surface area contributed by atoms with E-state index in [0.717, 1.165) is 12.8 Å². The number of benzene rings is 1. The maximum atomic E-state index is 12.5. The second kappa shape index (κ2) is 8.52. The molecule has 4 rings (SSSR count). The lowest BCUT2D eigenvalue weighted by Gasteiger charge is -2.15. The Morgan fingerprint density at radius 1 is 1.14 bits per heavy atom. The molecule has 5 nitrogen and oxygen atoms in total. The number of aryl methyl sites for hydroxylation is 1. The summed E-state index contributed by atoms with van der Waals surface area (Å²) in [5.41, 5.74) is 3.35. The summed E-state index contributed by atoms with van der Waals surface area (Å²) in [6.45, 7) is 3.00. The number of rotatable bonds is 6. The van der Waals surface area contributed by atoms with Gasteiger partial charge in [-0.2, -0.15) is 0 Å². The van der Waals surface area contributed by atoms with E-state index in [1.54, 1.807) is 0 Å². The maximum absolute atomic E-state index is 12.5. The molecule has 2 amide bonds. The highest BCUT2D eigenvalue weighted by Gasteiger charge is 2.21. The van der Waals surface area contributed by atoms with E-state index in [2.05, 4.69) is 27.6 Å². The summed E-state index contributed by atoms with van der Waals surface area (Å²) in [6.07, 6.45) is 8.84. The average molecular weight is 396 g/mol. The SMILES string of the molecule is CCOc1ccccc1NC(=O)NCc1c(-n2cccc2)sc2c1CCCC2. The fraction of sp³-hybridized carbons (Fsp3) is 0.318. The van der Waals surface area contributed by atoms with Crippen LogP contribution in [0.15, 0.2) is 48.8 Å². The summed E-state index contributed by atoms with van der Waals surface area (Å²) in [6, 6.07) is 11.3. The molecule has 6 heteroatoms. The van der Waals surface area contributed by atoms with Crippen molar-refractivity contribution in [3.63, 3.8) is 0 Å². The first-order chi connectivity index (χ1) is 13.8. The zero-order chi connectivity index (χ0) is 19.3. The van der Waals surface area contributed by atoms with Gasteiger partial charge in [0.25, 0.3) is 0 Å². The molecule has 0 atom stereocenters. The predicted molar refractivity (Wildman–Crippen MR) is 114 cm³/mol. The molecule has 0 spiro atoms. The summed E-state index contributed by atoms with van der Waals surface area (Å²) >= 11 is 1.86. The molecule has 28 heavy (non-hydrogen) atoms. The van der Waals surface area contributed by atoms with Gasteiger partial charge in [-0.25, -0.2) is 4.79 Å². The van der Waals surface area contributed by atoms with Crippen LogP contribution >= 0.6 is 11.3 Å². The minimum atomic E-state index is -0.221. The maximum Gasteiger partial charge on any atom is 0.319 e. The van der Waals surface area contributed by atoms with E-state index in [0.29, 0.717) is 24.6 Å². The van der Waals surface area contributed by atoms with Crippen LogP contribution in [0, 0.1) is 0 Å². The molecule has 3 aromatic rings. The zero-order valence-electron chi connectivity index (χ0n) is 16.0. The molecule has 0 bridgehead atoms. The van der Waals surface area contributed by atoms with Crippen LogP contribution < -0.4 is 15.4 Å². The summed E-state index contributed by atoms with van der Waals surface area (Å²) < 4.78 is 7.74. The average Bonchev–Trinajstić information content (AvgIpc) is 3.36. The lowest BCUT2D eigenvalue weighted by atomic mass is 9.95. The predicted octanol–water partition coefficient (Wildman–Crippen LogP) is 5.14. The Bertz CT molecular complexity index is 947. The molecule has 0 fully saturated rings. The van der Waals surface area contributed by atoms with E-state index in [1.807, 2.05) is 54.7 Å². The third-order valence-electron chi connectivity index (χ3n) is 4.96. The monoisotopic (exact) mass is 395 g/mol. The number of anilines is 1. The van der Waals surface area contributed by atoms with Crippen molar-refractivity contribution in [3.8, 4) is 10.8 Å². The van der Waals surface area contributed by atoms with E-state index in [4.69, 9.17) is 4.74 Å². The first kappa shape index (κ1) is 18.6. The lowest BCUT2D eigenvalue weighted by molar-refractivity contribution is 0.251. The largest absolute Gasteiger partial charge is 0.492 e. The standard InChI is InChI=1S/C22H25N3O2S/c1-2-27-19-11-5-4-10-18(19)24-22(26)23-15-17-16-9-3-6-12-20(16)28-21(17)25-13-7-8-14-25/h4-5,7-8,10-11,13-14H,2-3,6,9,12,15H2,1H3,(H2,23,24,26). The number of fused-ring (bicyclic) bond motifs is 1. The highest BCUT2D eigenvalue weighted by molar-refractivity contribution is 7.14. The Hall–Kier alpha value is -2.73. The van der Waals surface area contributed by atoms with Crippen molar-refractivity contribution in [2.24, 2.45) is 0 Å². The van der Waals surface area contributed by atoms with Gasteiger partial charge in [0.05, 0.1) is 12.3 Å². The van der Waals surface area contributed by atoms with Crippen molar-refractivity contribution in [1.29, 1.82) is 0 Å². The van der Waals surface area contributed by atoms with Crippen molar-refractivity contribution in [1.82, 2.24) is 9.88 Å². The van der Waals surface area contributed by atoms with Crippen molar-refractivity contribution < 1.29 is 9.53 Å². The van der Waals surface area contributed by atoms with Gasteiger partial charge in [-0.3, -0.25) is 0 Å². The number of aromatic nitrogens is 1. The number of nitrogens with zero attached hydrogens (tertiary/aromatic N) is 1. The summed E-state index contributed by atoms with van der Waals surface area (Å²) in [4.78, 5) is 14.0. The van der Waals surface area contributed by atoms with Crippen LogP contribution in [0.25, 0.3) is 5.00 Å². The molecule has 2 N–H and O–H groups in total. The fourth-order valence-corrected chi connectivity index (χ4v) is 5.04. The molecule has 0 radical (unpaired) electrons. The third-order valence-corrected chi connectivity index (χ3v) is 6.31. The molecule has 1 aliphatic carbocycles. The van der Waals surface area contributed by atoms with Crippen LogP contribution in [0.5, 0.6) is 5.75 Å². The number of urea groups is 1. The van der Waals surface area contributed by atoms with Gasteiger partial charge in [-0.05, 0) is 62.4 Å². The van der Waals surface area contributed by atoms with Gasteiger partial charge < -0.3 is 19.9 Å². The van der Waals surface area contributed by atoms with Gasteiger partial charge in [0.1, 0.15) is 10.8 Å². The first-order valence-corrected chi connectivity index (χ1v) is 10.6. The van der Waals surface area contributed by atoms with E-state index < -0.39 is 0 Å². The van der Waals surface area contributed by atoms with Crippen LogP contribution in [0.1, 0.15) is 35.8 Å². The van der Waals surface area contributed by atoms with Crippen molar-refractivity contribution in [2.75, 3.05) is 11.9 Å². The van der Waals surface area contributed by atoms with Gasteiger partial charge in [0.15, 0.2) is 0 Å². The molecule has 0 unspecified atom stereocenters. The molecule has 0 aliphatic heterocycles. The second-order valence-electron chi connectivity index (χ2n) is 6.82. The number of nitrogens with one attached hydrogen (secondary N) is 2. The summed E-state index contributed by atoms with van der Waals surface area (Å²) in [7, 11) is 0. The van der Waals surface area contributed by atoms with E-state index in [9.17, 15) is 4.79 Å². The van der Waals surface area contributed by atoms with Crippen LogP contribution in [-0.2, 0) is 19.4 Å².